The molecule has 0 aromatic heterocycles. The highest BCUT2D eigenvalue weighted by Gasteiger charge is 2.64. The standard InChI is InChI=1S/C33H52N2O5S/c1-6-24-28-19-22(36)12-15-33(28,5)27-13-16-32(4)25(10-11-26(32)29(27)30(24)37)21(3)14-17-34-31(38)35-41(39,40)23-9-7-8-20(2)18-23/h7-9,18,21-22,24-30,36-37H,6,10-17,19H2,1-5H3,(H2,34,35,38)/t21-,22-,24-,25-,26+,27+,28+,29+,30-,32-,33-/m1/s1. The third kappa shape index (κ3) is 5.46. The Balaban J connectivity index is 1.22. The SMILES string of the molecule is CC[C@H]1[C@@H](O)[C@@H]2[C@H](CC[C@]3(C)[C@@H]([C@H](C)CCNC(=O)NS(=O)(=O)c4cccc(C)c4)CC[C@@H]23)[C@@]2(C)CC[C@@H](O)C[C@@H]12. The first-order valence-corrected chi connectivity index (χ1v) is 17.5. The molecule has 0 spiro atoms. The minimum atomic E-state index is -3.91. The van der Waals surface area contributed by atoms with E-state index in [0.29, 0.717) is 42.1 Å². The third-order valence-electron chi connectivity index (χ3n) is 12.6. The average Bonchev–Trinajstić information content (AvgIpc) is 3.27. The molecule has 4 N–H and O–H groups in total. The number of carbonyl (C=O) groups excluding carboxylic acids is 1. The highest BCUT2D eigenvalue weighted by Crippen LogP contribution is 2.69. The van der Waals surface area contributed by atoms with Gasteiger partial charge in [0.25, 0.3) is 10.0 Å². The van der Waals surface area contributed by atoms with Crippen LogP contribution in [0.1, 0.15) is 91.0 Å². The molecule has 0 saturated heterocycles. The fourth-order valence-corrected chi connectivity index (χ4v) is 11.6. The van der Waals surface area contributed by atoms with E-state index in [1.165, 1.54) is 12.5 Å². The Hall–Kier alpha value is -1.64. The van der Waals surface area contributed by atoms with E-state index < -0.39 is 16.1 Å². The molecule has 0 unspecified atom stereocenters. The van der Waals surface area contributed by atoms with Crippen molar-refractivity contribution in [3.05, 3.63) is 29.8 Å². The van der Waals surface area contributed by atoms with Crippen LogP contribution < -0.4 is 10.0 Å². The summed E-state index contributed by atoms with van der Waals surface area (Å²) in [6.45, 7) is 11.7. The van der Waals surface area contributed by atoms with Gasteiger partial charge in [0, 0.05) is 6.54 Å². The number of aliphatic hydroxyl groups excluding tert-OH is 2. The molecule has 0 aliphatic heterocycles. The van der Waals surface area contributed by atoms with Crippen molar-refractivity contribution in [1.82, 2.24) is 10.0 Å². The van der Waals surface area contributed by atoms with Crippen LogP contribution in [0.4, 0.5) is 4.79 Å². The van der Waals surface area contributed by atoms with Gasteiger partial charge in [-0.05, 0) is 128 Å². The van der Waals surface area contributed by atoms with Gasteiger partial charge in [0.15, 0.2) is 0 Å². The Morgan fingerprint density at radius 2 is 1.76 bits per heavy atom. The van der Waals surface area contributed by atoms with Gasteiger partial charge >= 0.3 is 6.03 Å². The van der Waals surface area contributed by atoms with Crippen LogP contribution in [0.2, 0.25) is 0 Å². The highest BCUT2D eigenvalue weighted by molar-refractivity contribution is 7.90. The molecule has 8 heteroatoms. The summed E-state index contributed by atoms with van der Waals surface area (Å²) in [5.74, 6) is 2.90. The number of hydrogen-bond acceptors (Lipinski definition) is 5. The van der Waals surface area contributed by atoms with Crippen LogP contribution in [0.15, 0.2) is 29.2 Å². The van der Waals surface area contributed by atoms with Crippen LogP contribution in [0.3, 0.4) is 0 Å². The normalized spacial score (nSPS) is 41.0. The largest absolute Gasteiger partial charge is 0.393 e. The van der Waals surface area contributed by atoms with Crippen molar-refractivity contribution in [2.24, 2.45) is 52.3 Å². The molecule has 4 fully saturated rings. The minimum Gasteiger partial charge on any atom is -0.393 e. The summed E-state index contributed by atoms with van der Waals surface area (Å²) < 4.78 is 27.4. The van der Waals surface area contributed by atoms with E-state index >= 15 is 0 Å². The molecule has 7 nitrogen and oxygen atoms in total. The maximum absolute atomic E-state index is 12.6. The molecule has 4 saturated carbocycles. The zero-order valence-electron chi connectivity index (χ0n) is 25.6. The van der Waals surface area contributed by atoms with Gasteiger partial charge in [-0.3, -0.25) is 0 Å². The van der Waals surface area contributed by atoms with Gasteiger partial charge in [-0.15, -0.1) is 0 Å². The van der Waals surface area contributed by atoms with E-state index in [9.17, 15) is 23.4 Å². The average molecular weight is 589 g/mol. The van der Waals surface area contributed by atoms with Crippen molar-refractivity contribution in [1.29, 1.82) is 0 Å². The number of benzene rings is 1. The van der Waals surface area contributed by atoms with E-state index in [2.05, 4.69) is 37.7 Å². The summed E-state index contributed by atoms with van der Waals surface area (Å²) in [6.07, 6.45) is 8.63. The first-order chi connectivity index (χ1) is 19.3. The van der Waals surface area contributed by atoms with Crippen molar-refractivity contribution in [2.45, 2.75) is 110 Å². The quantitative estimate of drug-likeness (QED) is 0.329. The molecule has 0 bridgehead atoms. The molecule has 4 aliphatic rings. The molecule has 4 aliphatic carbocycles. The maximum atomic E-state index is 12.6. The fraction of sp³-hybridized carbons (Fsp3) is 0.788. The molecule has 1 aromatic carbocycles. The summed E-state index contributed by atoms with van der Waals surface area (Å²) in [5, 5.41) is 25.2. The van der Waals surface area contributed by atoms with Crippen LogP contribution in [-0.4, -0.2) is 43.4 Å². The summed E-state index contributed by atoms with van der Waals surface area (Å²) in [6, 6.07) is 5.83. The van der Waals surface area contributed by atoms with Crippen molar-refractivity contribution in [2.75, 3.05) is 6.54 Å². The van der Waals surface area contributed by atoms with E-state index in [4.69, 9.17) is 0 Å². The first kappa shape index (κ1) is 30.8. The first-order valence-electron chi connectivity index (χ1n) is 16.0. The summed E-state index contributed by atoms with van der Waals surface area (Å²) >= 11 is 0. The Morgan fingerprint density at radius 1 is 1.05 bits per heavy atom. The molecular weight excluding hydrogens is 536 g/mol. The molecular formula is C33H52N2O5S. The highest BCUT2D eigenvalue weighted by atomic mass is 32.2. The summed E-state index contributed by atoms with van der Waals surface area (Å²) in [5.41, 5.74) is 1.18. The van der Waals surface area contributed by atoms with Gasteiger partial charge in [0.2, 0.25) is 0 Å². The van der Waals surface area contributed by atoms with Crippen molar-refractivity contribution >= 4 is 16.1 Å². The van der Waals surface area contributed by atoms with E-state index in [1.54, 1.807) is 12.1 Å². The second-order valence-electron chi connectivity index (χ2n) is 14.6. The number of urea groups is 1. The second-order valence-corrected chi connectivity index (χ2v) is 16.2. The number of carbonyl (C=O) groups is 1. The Morgan fingerprint density at radius 3 is 2.46 bits per heavy atom. The maximum Gasteiger partial charge on any atom is 0.328 e. The molecule has 230 valence electrons. The lowest BCUT2D eigenvalue weighted by Gasteiger charge is -2.64. The lowest BCUT2D eigenvalue weighted by Crippen LogP contribution is -2.62. The van der Waals surface area contributed by atoms with Crippen LogP contribution in [-0.2, 0) is 10.0 Å². The van der Waals surface area contributed by atoms with Crippen molar-refractivity contribution < 1.29 is 23.4 Å². The van der Waals surface area contributed by atoms with Gasteiger partial charge in [-0.1, -0.05) is 46.2 Å². The summed E-state index contributed by atoms with van der Waals surface area (Å²) in [4.78, 5) is 12.6. The number of amides is 2. The molecule has 5 rings (SSSR count). The van der Waals surface area contributed by atoms with Gasteiger partial charge < -0.3 is 15.5 Å². The van der Waals surface area contributed by atoms with E-state index in [-0.39, 0.29) is 33.9 Å². The van der Waals surface area contributed by atoms with Crippen LogP contribution in [0.5, 0.6) is 0 Å². The summed E-state index contributed by atoms with van der Waals surface area (Å²) in [7, 11) is -3.91. The molecule has 41 heavy (non-hydrogen) atoms. The number of hydrogen-bond donors (Lipinski definition) is 4. The smallest absolute Gasteiger partial charge is 0.328 e. The predicted molar refractivity (Wildman–Crippen MR) is 160 cm³/mol. The Bertz CT molecular complexity index is 1220. The van der Waals surface area contributed by atoms with Gasteiger partial charge in [0.1, 0.15) is 0 Å². The number of sulfonamides is 1. The third-order valence-corrected chi connectivity index (χ3v) is 13.9. The zero-order valence-corrected chi connectivity index (χ0v) is 26.4. The van der Waals surface area contributed by atoms with Gasteiger partial charge in [-0.2, -0.15) is 0 Å². The predicted octanol–water partition coefficient (Wildman–Crippen LogP) is 5.64. The van der Waals surface area contributed by atoms with Gasteiger partial charge in [-0.25, -0.2) is 17.9 Å². The number of nitrogens with one attached hydrogen (secondary N) is 2. The van der Waals surface area contributed by atoms with Crippen LogP contribution >= 0.6 is 0 Å². The molecule has 0 radical (unpaired) electrons. The van der Waals surface area contributed by atoms with Crippen LogP contribution in [0, 0.1) is 59.2 Å². The molecule has 2 amide bonds. The monoisotopic (exact) mass is 588 g/mol. The fourth-order valence-electron chi connectivity index (χ4n) is 10.5. The Labute approximate surface area is 247 Å². The van der Waals surface area contributed by atoms with Gasteiger partial charge in [0.05, 0.1) is 17.1 Å². The lowest BCUT2D eigenvalue weighted by molar-refractivity contribution is -0.203. The zero-order chi connectivity index (χ0) is 29.7. The topological polar surface area (TPSA) is 116 Å². The Kier molecular flexibility index (Phi) is 8.61. The number of aliphatic hydroxyl groups is 2. The van der Waals surface area contributed by atoms with E-state index in [1.807, 2.05) is 13.0 Å². The minimum absolute atomic E-state index is 0.0846. The van der Waals surface area contributed by atoms with E-state index in [0.717, 1.165) is 56.9 Å². The molecule has 1 aromatic rings. The molecule has 11 atom stereocenters. The number of fused-ring (bicyclic) bond motifs is 5. The second kappa shape index (κ2) is 11.5. The molecule has 0 heterocycles. The van der Waals surface area contributed by atoms with Crippen molar-refractivity contribution in [3.8, 4) is 0 Å². The number of aryl methyl sites for hydroxylation is 1. The van der Waals surface area contributed by atoms with Crippen LogP contribution in [0.25, 0.3) is 0 Å². The van der Waals surface area contributed by atoms with Crippen molar-refractivity contribution in [3.63, 3.8) is 0 Å². The number of rotatable bonds is 7. The lowest BCUT2D eigenvalue weighted by atomic mass is 9.41.